The molecule has 0 aliphatic carbocycles. The summed E-state index contributed by atoms with van der Waals surface area (Å²) < 4.78 is 0. The zero-order valence-electron chi connectivity index (χ0n) is 6.88. The van der Waals surface area contributed by atoms with Crippen molar-refractivity contribution < 1.29 is 10.2 Å². The van der Waals surface area contributed by atoms with Crippen molar-refractivity contribution in [1.29, 1.82) is 0 Å². The third kappa shape index (κ3) is 1.70. The molecule has 3 N–H and O–H groups in total. The minimum absolute atomic E-state index is 0.260. The average Bonchev–Trinajstić information content (AvgIpc) is 2.55. The molecule has 1 saturated heterocycles. The lowest BCUT2D eigenvalue weighted by molar-refractivity contribution is -0.148. The third-order valence-electron chi connectivity index (χ3n) is 2.25. The number of nitrogens with one attached hydrogen (secondary N) is 1. The summed E-state index contributed by atoms with van der Waals surface area (Å²) >= 11 is 0. The van der Waals surface area contributed by atoms with Crippen LogP contribution in [0.25, 0.3) is 0 Å². The predicted octanol–water partition coefficient (Wildman–Crippen LogP) is -1.06. The van der Waals surface area contributed by atoms with Crippen LogP contribution < -0.4 is 5.32 Å². The fourth-order valence-electron chi connectivity index (χ4n) is 1.42. The van der Waals surface area contributed by atoms with Gasteiger partial charge in [0.05, 0.1) is 0 Å². The van der Waals surface area contributed by atoms with Gasteiger partial charge in [-0.3, -0.25) is 10.2 Å². The van der Waals surface area contributed by atoms with Gasteiger partial charge < -0.3 is 10.2 Å². The van der Waals surface area contributed by atoms with Crippen LogP contribution in [0.15, 0.2) is 0 Å². The van der Waals surface area contributed by atoms with Gasteiger partial charge in [0.15, 0.2) is 5.85 Å². The van der Waals surface area contributed by atoms with E-state index in [2.05, 4.69) is 5.32 Å². The van der Waals surface area contributed by atoms with Crippen molar-refractivity contribution in [3.8, 4) is 0 Å². The fraction of sp³-hybridized carbons (Fsp3) is 1.00. The lowest BCUT2D eigenvalue weighted by Gasteiger charge is -2.34. The highest BCUT2D eigenvalue weighted by Crippen LogP contribution is 2.15. The van der Waals surface area contributed by atoms with Crippen LogP contribution in [0.3, 0.4) is 0 Å². The van der Waals surface area contributed by atoms with Gasteiger partial charge in [0.2, 0.25) is 0 Å². The van der Waals surface area contributed by atoms with Gasteiger partial charge in [-0.15, -0.1) is 0 Å². The SMILES string of the molecule is CNC(O)(CO)N1CCCC1. The number of aliphatic hydroxyl groups excluding tert-OH is 1. The maximum atomic E-state index is 9.69. The topological polar surface area (TPSA) is 55.7 Å². The summed E-state index contributed by atoms with van der Waals surface area (Å²) in [5.74, 6) is -1.20. The second-order valence-electron chi connectivity index (χ2n) is 2.92. The van der Waals surface area contributed by atoms with Crippen molar-refractivity contribution >= 4 is 0 Å². The first-order chi connectivity index (χ1) is 5.23. The molecular weight excluding hydrogens is 144 g/mol. The summed E-state index contributed by atoms with van der Waals surface area (Å²) in [5, 5.41) is 21.3. The Bertz CT molecular complexity index is 120. The van der Waals surface area contributed by atoms with Gasteiger partial charge in [0.1, 0.15) is 6.61 Å². The Morgan fingerprint density at radius 3 is 2.36 bits per heavy atom. The van der Waals surface area contributed by atoms with Crippen molar-refractivity contribution in [3.05, 3.63) is 0 Å². The largest absolute Gasteiger partial charge is 0.390 e. The van der Waals surface area contributed by atoms with E-state index < -0.39 is 5.85 Å². The molecule has 0 amide bonds. The highest BCUT2D eigenvalue weighted by atomic mass is 16.4. The van der Waals surface area contributed by atoms with Crippen LogP contribution in [-0.2, 0) is 0 Å². The van der Waals surface area contributed by atoms with Crippen LogP contribution in [0.4, 0.5) is 0 Å². The molecule has 1 heterocycles. The first-order valence-electron chi connectivity index (χ1n) is 4.00. The molecule has 4 heteroatoms. The first kappa shape index (κ1) is 8.93. The molecule has 1 unspecified atom stereocenters. The number of aliphatic hydroxyl groups is 2. The van der Waals surface area contributed by atoms with Crippen molar-refractivity contribution in [2.75, 3.05) is 26.7 Å². The summed E-state index contributed by atoms with van der Waals surface area (Å²) in [7, 11) is 1.65. The van der Waals surface area contributed by atoms with Crippen LogP contribution in [0.1, 0.15) is 12.8 Å². The maximum Gasteiger partial charge on any atom is 0.198 e. The highest BCUT2D eigenvalue weighted by molar-refractivity contribution is 4.78. The van der Waals surface area contributed by atoms with Gasteiger partial charge in [-0.1, -0.05) is 0 Å². The number of likely N-dealkylation sites (tertiary alicyclic amines) is 1. The van der Waals surface area contributed by atoms with E-state index in [1.54, 1.807) is 7.05 Å². The molecule has 0 radical (unpaired) electrons. The van der Waals surface area contributed by atoms with Gasteiger partial charge in [0.25, 0.3) is 0 Å². The normalized spacial score (nSPS) is 25.4. The van der Waals surface area contributed by atoms with Crippen LogP contribution in [0, 0.1) is 0 Å². The van der Waals surface area contributed by atoms with E-state index >= 15 is 0 Å². The van der Waals surface area contributed by atoms with Gasteiger partial charge in [-0.2, -0.15) is 0 Å². The molecule has 66 valence electrons. The zero-order chi connectivity index (χ0) is 8.32. The summed E-state index contributed by atoms with van der Waals surface area (Å²) in [4.78, 5) is 1.85. The van der Waals surface area contributed by atoms with Crippen molar-refractivity contribution in [3.63, 3.8) is 0 Å². The minimum atomic E-state index is -1.20. The van der Waals surface area contributed by atoms with E-state index in [0.29, 0.717) is 0 Å². The number of hydrogen-bond donors (Lipinski definition) is 3. The Hall–Kier alpha value is -0.160. The highest BCUT2D eigenvalue weighted by Gasteiger charge is 2.33. The molecule has 0 bridgehead atoms. The number of hydrogen-bond acceptors (Lipinski definition) is 4. The molecule has 0 aromatic carbocycles. The Morgan fingerprint density at radius 1 is 1.45 bits per heavy atom. The lowest BCUT2D eigenvalue weighted by atomic mass is 10.4. The van der Waals surface area contributed by atoms with Gasteiger partial charge >= 0.3 is 0 Å². The van der Waals surface area contributed by atoms with E-state index in [1.165, 1.54) is 0 Å². The molecule has 4 nitrogen and oxygen atoms in total. The molecule has 1 aliphatic heterocycles. The molecular formula is C7H16N2O2. The van der Waals surface area contributed by atoms with Gasteiger partial charge in [-0.25, -0.2) is 0 Å². The van der Waals surface area contributed by atoms with Crippen LogP contribution >= 0.6 is 0 Å². The summed E-state index contributed by atoms with van der Waals surface area (Å²) in [6.45, 7) is 1.46. The molecule has 0 aromatic rings. The number of rotatable bonds is 3. The number of likely N-dealkylation sites (N-methyl/N-ethyl adjacent to an activating group) is 1. The second kappa shape index (κ2) is 3.49. The van der Waals surface area contributed by atoms with Crippen LogP contribution in [0.2, 0.25) is 0 Å². The van der Waals surface area contributed by atoms with Crippen LogP contribution in [0.5, 0.6) is 0 Å². The van der Waals surface area contributed by atoms with Gasteiger partial charge in [0, 0.05) is 13.1 Å². The molecule has 1 fully saturated rings. The van der Waals surface area contributed by atoms with Crippen molar-refractivity contribution in [2.24, 2.45) is 0 Å². The molecule has 1 rings (SSSR count). The molecule has 0 aromatic heterocycles. The van der Waals surface area contributed by atoms with Crippen LogP contribution in [-0.4, -0.2) is 47.7 Å². The third-order valence-corrected chi connectivity index (χ3v) is 2.25. The van der Waals surface area contributed by atoms with Gasteiger partial charge in [-0.05, 0) is 19.9 Å². The van der Waals surface area contributed by atoms with Crippen molar-refractivity contribution in [1.82, 2.24) is 10.2 Å². The van der Waals surface area contributed by atoms with E-state index in [0.717, 1.165) is 25.9 Å². The van der Waals surface area contributed by atoms with E-state index in [1.807, 2.05) is 4.90 Å². The minimum Gasteiger partial charge on any atom is -0.390 e. The Kier molecular flexibility index (Phi) is 2.84. The number of nitrogens with zero attached hydrogens (tertiary/aromatic N) is 1. The second-order valence-corrected chi connectivity index (χ2v) is 2.92. The molecule has 1 aliphatic rings. The molecule has 11 heavy (non-hydrogen) atoms. The Balaban J connectivity index is 2.52. The first-order valence-corrected chi connectivity index (χ1v) is 4.00. The fourth-order valence-corrected chi connectivity index (χ4v) is 1.42. The Morgan fingerprint density at radius 2 is 2.00 bits per heavy atom. The summed E-state index contributed by atoms with van der Waals surface area (Å²) in [6, 6.07) is 0. The van der Waals surface area contributed by atoms with E-state index in [4.69, 9.17) is 5.11 Å². The summed E-state index contributed by atoms with van der Waals surface area (Å²) in [5.41, 5.74) is 0. The van der Waals surface area contributed by atoms with E-state index in [9.17, 15) is 5.11 Å². The van der Waals surface area contributed by atoms with Crippen molar-refractivity contribution in [2.45, 2.75) is 18.7 Å². The quantitative estimate of drug-likeness (QED) is 0.461. The predicted molar refractivity (Wildman–Crippen MR) is 41.9 cm³/mol. The zero-order valence-corrected chi connectivity index (χ0v) is 6.88. The molecule has 0 saturated carbocycles. The summed E-state index contributed by atoms with van der Waals surface area (Å²) in [6.07, 6.45) is 2.20. The maximum absolute atomic E-state index is 9.69. The lowest BCUT2D eigenvalue weighted by Crippen LogP contribution is -2.59. The molecule has 0 spiro atoms. The van der Waals surface area contributed by atoms with E-state index in [-0.39, 0.29) is 6.61 Å². The monoisotopic (exact) mass is 160 g/mol. The Labute approximate surface area is 66.8 Å². The standard InChI is InChI=1S/C7H16N2O2/c1-8-7(11,6-10)9-4-2-3-5-9/h8,10-11H,2-6H2,1H3. The molecule has 1 atom stereocenters. The average molecular weight is 160 g/mol. The smallest absolute Gasteiger partial charge is 0.198 e.